The molecule has 2 rings (SSSR count). The van der Waals surface area contributed by atoms with E-state index in [0.29, 0.717) is 25.2 Å². The molecule has 0 atom stereocenters. The highest BCUT2D eigenvalue weighted by molar-refractivity contribution is 7.90. The number of rotatable bonds is 6. The van der Waals surface area contributed by atoms with E-state index in [1.165, 1.54) is 17.5 Å². The van der Waals surface area contributed by atoms with E-state index in [1.54, 1.807) is 6.07 Å². The van der Waals surface area contributed by atoms with Crippen molar-refractivity contribution in [2.24, 2.45) is 5.73 Å². The second-order valence-corrected chi connectivity index (χ2v) is 6.27. The zero-order valence-electron chi connectivity index (χ0n) is 11.3. The molecule has 0 fully saturated rings. The Kier molecular flexibility index (Phi) is 4.53. The summed E-state index contributed by atoms with van der Waals surface area (Å²) in [4.78, 5) is 4.22. The molecule has 0 radical (unpaired) electrons. The number of benzene rings is 1. The number of nitrogens with one attached hydrogen (secondary N) is 1. The number of nitrogens with two attached hydrogens (primary N) is 1. The molecule has 108 valence electrons. The standard InChI is InChI=1S/C13H18N4O2S/c1-17(8-4-7-14)20(18,19)16-12-9-11-5-2-3-6-13(11)15-10-12/h2-3,5-6,9-10,16H,4,7-8,14H2,1H3. The predicted molar refractivity (Wildman–Crippen MR) is 80.6 cm³/mol. The van der Waals surface area contributed by atoms with Gasteiger partial charge in [-0.1, -0.05) is 18.2 Å². The third-order valence-electron chi connectivity index (χ3n) is 2.92. The van der Waals surface area contributed by atoms with Crippen molar-refractivity contribution in [1.82, 2.24) is 9.29 Å². The Labute approximate surface area is 118 Å². The normalized spacial score (nSPS) is 11.9. The zero-order valence-corrected chi connectivity index (χ0v) is 12.1. The van der Waals surface area contributed by atoms with Crippen LogP contribution in [-0.4, -0.2) is 37.8 Å². The molecule has 1 heterocycles. The summed E-state index contributed by atoms with van der Waals surface area (Å²) in [6.07, 6.45) is 2.13. The first-order valence-electron chi connectivity index (χ1n) is 6.32. The fraction of sp³-hybridized carbons (Fsp3) is 0.308. The number of hydrogen-bond acceptors (Lipinski definition) is 4. The zero-order chi connectivity index (χ0) is 14.6. The van der Waals surface area contributed by atoms with Gasteiger partial charge >= 0.3 is 10.2 Å². The number of para-hydroxylation sites is 1. The summed E-state index contributed by atoms with van der Waals surface area (Å²) >= 11 is 0. The van der Waals surface area contributed by atoms with Crippen LogP contribution in [0, 0.1) is 0 Å². The molecule has 0 aliphatic heterocycles. The van der Waals surface area contributed by atoms with Gasteiger partial charge in [0, 0.05) is 19.0 Å². The van der Waals surface area contributed by atoms with Crippen molar-refractivity contribution in [3.05, 3.63) is 36.5 Å². The SMILES string of the molecule is CN(CCCN)S(=O)(=O)Nc1cnc2ccccc2c1. The van der Waals surface area contributed by atoms with Gasteiger partial charge in [-0.3, -0.25) is 9.71 Å². The van der Waals surface area contributed by atoms with Crippen molar-refractivity contribution >= 4 is 26.8 Å². The fourth-order valence-electron chi connectivity index (χ4n) is 1.79. The molecule has 20 heavy (non-hydrogen) atoms. The Morgan fingerprint density at radius 2 is 2.10 bits per heavy atom. The lowest BCUT2D eigenvalue weighted by molar-refractivity contribution is 0.468. The van der Waals surface area contributed by atoms with Gasteiger partial charge in [0.2, 0.25) is 0 Å². The van der Waals surface area contributed by atoms with Gasteiger partial charge in [-0.05, 0) is 25.1 Å². The lowest BCUT2D eigenvalue weighted by atomic mass is 10.2. The van der Waals surface area contributed by atoms with Crippen LogP contribution in [0.15, 0.2) is 36.5 Å². The van der Waals surface area contributed by atoms with Crippen molar-refractivity contribution in [2.45, 2.75) is 6.42 Å². The maximum absolute atomic E-state index is 12.1. The summed E-state index contributed by atoms with van der Waals surface area (Å²) in [6.45, 7) is 0.838. The van der Waals surface area contributed by atoms with Crippen LogP contribution in [0.3, 0.4) is 0 Å². The summed E-state index contributed by atoms with van der Waals surface area (Å²) < 4.78 is 27.9. The van der Waals surface area contributed by atoms with Crippen LogP contribution in [0.25, 0.3) is 10.9 Å². The number of fused-ring (bicyclic) bond motifs is 1. The van der Waals surface area contributed by atoms with Gasteiger partial charge in [-0.2, -0.15) is 12.7 Å². The molecule has 0 saturated carbocycles. The van der Waals surface area contributed by atoms with Crippen molar-refractivity contribution in [3.8, 4) is 0 Å². The first-order chi connectivity index (χ1) is 9.53. The van der Waals surface area contributed by atoms with Crippen LogP contribution in [0.1, 0.15) is 6.42 Å². The smallest absolute Gasteiger partial charge is 0.301 e. The van der Waals surface area contributed by atoms with E-state index < -0.39 is 10.2 Å². The third kappa shape index (κ3) is 3.44. The van der Waals surface area contributed by atoms with Crippen LogP contribution < -0.4 is 10.5 Å². The average molecular weight is 294 g/mol. The van der Waals surface area contributed by atoms with Crippen LogP contribution >= 0.6 is 0 Å². The first-order valence-corrected chi connectivity index (χ1v) is 7.76. The predicted octanol–water partition coefficient (Wildman–Crippen LogP) is 1.17. The molecule has 7 heteroatoms. The Morgan fingerprint density at radius 1 is 1.35 bits per heavy atom. The number of pyridine rings is 1. The van der Waals surface area contributed by atoms with Crippen molar-refractivity contribution in [3.63, 3.8) is 0 Å². The van der Waals surface area contributed by atoms with Gasteiger partial charge in [-0.15, -0.1) is 0 Å². The van der Waals surface area contributed by atoms with Gasteiger partial charge in [-0.25, -0.2) is 0 Å². The van der Waals surface area contributed by atoms with Crippen molar-refractivity contribution in [2.75, 3.05) is 24.9 Å². The molecule has 1 aromatic carbocycles. The van der Waals surface area contributed by atoms with E-state index in [-0.39, 0.29) is 0 Å². The topological polar surface area (TPSA) is 88.3 Å². The minimum absolute atomic E-state index is 0.382. The van der Waals surface area contributed by atoms with Gasteiger partial charge < -0.3 is 5.73 Å². The molecule has 0 spiro atoms. The van der Waals surface area contributed by atoms with E-state index in [0.717, 1.165) is 10.9 Å². The minimum atomic E-state index is -3.57. The van der Waals surface area contributed by atoms with Crippen LogP contribution in [-0.2, 0) is 10.2 Å². The average Bonchev–Trinajstić information content (AvgIpc) is 2.44. The Bertz CT molecular complexity index is 688. The van der Waals surface area contributed by atoms with Crippen LogP contribution in [0.4, 0.5) is 5.69 Å². The molecular formula is C13H18N4O2S. The lowest BCUT2D eigenvalue weighted by Crippen LogP contribution is -2.34. The second-order valence-electron chi connectivity index (χ2n) is 4.49. The van der Waals surface area contributed by atoms with E-state index in [2.05, 4.69) is 9.71 Å². The Morgan fingerprint density at radius 3 is 2.85 bits per heavy atom. The van der Waals surface area contributed by atoms with Crippen LogP contribution in [0.5, 0.6) is 0 Å². The maximum Gasteiger partial charge on any atom is 0.301 e. The molecule has 0 aliphatic carbocycles. The maximum atomic E-state index is 12.1. The third-order valence-corrected chi connectivity index (χ3v) is 4.42. The highest BCUT2D eigenvalue weighted by Crippen LogP contribution is 2.17. The fourth-order valence-corrected chi connectivity index (χ4v) is 2.72. The molecule has 0 amide bonds. The number of anilines is 1. The Balaban J connectivity index is 2.18. The largest absolute Gasteiger partial charge is 0.330 e. The molecular weight excluding hydrogens is 276 g/mol. The second kappa shape index (κ2) is 6.17. The molecule has 0 saturated heterocycles. The first kappa shape index (κ1) is 14.7. The van der Waals surface area contributed by atoms with E-state index in [4.69, 9.17) is 5.73 Å². The van der Waals surface area contributed by atoms with E-state index in [1.807, 2.05) is 24.3 Å². The summed E-state index contributed by atoms with van der Waals surface area (Å²) in [5, 5.41) is 0.886. The minimum Gasteiger partial charge on any atom is -0.330 e. The highest BCUT2D eigenvalue weighted by atomic mass is 32.2. The molecule has 3 N–H and O–H groups in total. The summed E-state index contributed by atoms with van der Waals surface area (Å²) in [6, 6.07) is 9.30. The van der Waals surface area contributed by atoms with Crippen molar-refractivity contribution in [1.29, 1.82) is 0 Å². The lowest BCUT2D eigenvalue weighted by Gasteiger charge is -2.17. The molecule has 2 aromatic rings. The quantitative estimate of drug-likeness (QED) is 0.837. The van der Waals surface area contributed by atoms with Crippen LogP contribution in [0.2, 0.25) is 0 Å². The van der Waals surface area contributed by atoms with Gasteiger partial charge in [0.05, 0.1) is 17.4 Å². The Hall–Kier alpha value is -1.70. The highest BCUT2D eigenvalue weighted by Gasteiger charge is 2.17. The number of nitrogens with zero attached hydrogens (tertiary/aromatic N) is 2. The molecule has 0 bridgehead atoms. The monoisotopic (exact) mass is 294 g/mol. The van der Waals surface area contributed by atoms with Crippen molar-refractivity contribution < 1.29 is 8.42 Å². The summed E-state index contributed by atoms with van der Waals surface area (Å²) in [7, 11) is -2.05. The number of hydrogen-bond donors (Lipinski definition) is 2. The van der Waals surface area contributed by atoms with E-state index >= 15 is 0 Å². The molecule has 1 aromatic heterocycles. The summed E-state index contributed by atoms with van der Waals surface area (Å²) in [5.41, 5.74) is 6.66. The molecule has 0 aliphatic rings. The van der Waals surface area contributed by atoms with E-state index in [9.17, 15) is 8.42 Å². The van der Waals surface area contributed by atoms with Gasteiger partial charge in [0.1, 0.15) is 0 Å². The molecule has 0 unspecified atom stereocenters. The number of aromatic nitrogens is 1. The summed E-state index contributed by atoms with van der Waals surface area (Å²) in [5.74, 6) is 0. The van der Waals surface area contributed by atoms with Gasteiger partial charge in [0.25, 0.3) is 0 Å². The van der Waals surface area contributed by atoms with Gasteiger partial charge in [0.15, 0.2) is 0 Å². The molecule has 6 nitrogen and oxygen atoms in total.